The molecule has 174 valence electrons. The van der Waals surface area contributed by atoms with E-state index in [9.17, 15) is 4.79 Å². The van der Waals surface area contributed by atoms with E-state index in [1.165, 1.54) is 31.4 Å². The number of hydroxylamine groups is 2. The van der Waals surface area contributed by atoms with E-state index < -0.39 is 0 Å². The topological polar surface area (TPSA) is 51.2 Å². The van der Waals surface area contributed by atoms with Gasteiger partial charge in [0.05, 0.1) is 25.3 Å². The number of carbonyl (C=O) groups is 1. The molecule has 1 saturated heterocycles. The average molecular weight is 441 g/mol. The lowest BCUT2D eigenvalue weighted by atomic mass is 10.1. The molecular formula is C26H36N2O4. The van der Waals surface area contributed by atoms with Crippen LogP contribution in [0.3, 0.4) is 0 Å². The van der Waals surface area contributed by atoms with Crippen molar-refractivity contribution in [2.75, 3.05) is 51.4 Å². The van der Waals surface area contributed by atoms with Gasteiger partial charge in [0.15, 0.2) is 0 Å². The van der Waals surface area contributed by atoms with Gasteiger partial charge in [-0.2, -0.15) is 0 Å². The number of carbonyl (C=O) groups excluding carboxylic acids is 1. The van der Waals surface area contributed by atoms with Crippen molar-refractivity contribution >= 4 is 11.7 Å². The minimum atomic E-state index is -0.299. The summed E-state index contributed by atoms with van der Waals surface area (Å²) in [5.41, 5.74) is 1.75. The van der Waals surface area contributed by atoms with Crippen LogP contribution < -0.4 is 9.64 Å². The van der Waals surface area contributed by atoms with Gasteiger partial charge in [-0.05, 0) is 49.2 Å². The van der Waals surface area contributed by atoms with E-state index in [4.69, 9.17) is 14.3 Å². The first-order chi connectivity index (χ1) is 15.8. The van der Waals surface area contributed by atoms with E-state index in [2.05, 4.69) is 17.0 Å². The Morgan fingerprint density at radius 3 is 2.06 bits per heavy atom. The summed E-state index contributed by atoms with van der Waals surface area (Å²) in [6.45, 7) is 4.63. The van der Waals surface area contributed by atoms with Crippen LogP contribution in [0.15, 0.2) is 54.6 Å². The largest absolute Gasteiger partial charge is 0.494 e. The maximum absolute atomic E-state index is 12.2. The summed E-state index contributed by atoms with van der Waals surface area (Å²) in [6.07, 6.45) is 7.25. The molecule has 0 radical (unpaired) electrons. The summed E-state index contributed by atoms with van der Waals surface area (Å²) in [5, 5.41) is 1.75. The Bertz CT molecular complexity index is 774. The first-order valence-corrected chi connectivity index (χ1v) is 11.8. The molecule has 0 bridgehead atoms. The van der Waals surface area contributed by atoms with Crippen LogP contribution in [0.4, 0.5) is 5.69 Å². The van der Waals surface area contributed by atoms with Gasteiger partial charge in [-0.15, -0.1) is 5.06 Å². The predicted molar refractivity (Wildman–Crippen MR) is 127 cm³/mol. The first kappa shape index (κ1) is 24.1. The zero-order chi connectivity index (χ0) is 22.4. The third-order valence-electron chi connectivity index (χ3n) is 5.67. The maximum atomic E-state index is 12.2. The molecule has 6 nitrogen and oxygen atoms in total. The summed E-state index contributed by atoms with van der Waals surface area (Å²) < 4.78 is 11.0. The zero-order valence-corrected chi connectivity index (χ0v) is 19.2. The van der Waals surface area contributed by atoms with Gasteiger partial charge in [0.2, 0.25) is 0 Å². The first-order valence-electron chi connectivity index (χ1n) is 11.8. The lowest BCUT2D eigenvalue weighted by Crippen LogP contribution is -2.47. The van der Waals surface area contributed by atoms with Gasteiger partial charge in [-0.3, -0.25) is 0 Å². The van der Waals surface area contributed by atoms with E-state index in [-0.39, 0.29) is 5.97 Å². The number of ether oxygens (including phenoxy) is 2. The highest BCUT2D eigenvalue weighted by atomic mass is 16.7. The second-order valence-electron chi connectivity index (χ2n) is 8.12. The van der Waals surface area contributed by atoms with Crippen LogP contribution in [0.25, 0.3) is 0 Å². The monoisotopic (exact) mass is 440 g/mol. The molecule has 32 heavy (non-hydrogen) atoms. The van der Waals surface area contributed by atoms with Crippen LogP contribution in [-0.2, 0) is 9.57 Å². The fourth-order valence-corrected chi connectivity index (χ4v) is 3.78. The van der Waals surface area contributed by atoms with Gasteiger partial charge in [-0.25, -0.2) is 4.79 Å². The van der Waals surface area contributed by atoms with Gasteiger partial charge in [0, 0.05) is 32.5 Å². The summed E-state index contributed by atoms with van der Waals surface area (Å²) in [4.78, 5) is 20.0. The summed E-state index contributed by atoms with van der Waals surface area (Å²) in [6, 6.07) is 17.4. The van der Waals surface area contributed by atoms with Crippen LogP contribution in [-0.4, -0.2) is 57.5 Å². The van der Waals surface area contributed by atoms with Crippen LogP contribution in [0.1, 0.15) is 48.9 Å². The molecule has 0 N–H and O–H groups in total. The average Bonchev–Trinajstić information content (AvgIpc) is 2.84. The van der Waals surface area contributed by atoms with Gasteiger partial charge in [-0.1, -0.05) is 43.9 Å². The molecule has 0 amide bonds. The molecule has 1 fully saturated rings. The Morgan fingerprint density at radius 2 is 1.41 bits per heavy atom. The third kappa shape index (κ3) is 8.17. The second kappa shape index (κ2) is 13.8. The predicted octanol–water partition coefficient (Wildman–Crippen LogP) is 4.95. The Morgan fingerprint density at radius 1 is 0.781 bits per heavy atom. The van der Waals surface area contributed by atoms with Crippen molar-refractivity contribution in [1.82, 2.24) is 5.06 Å². The minimum Gasteiger partial charge on any atom is -0.494 e. The summed E-state index contributed by atoms with van der Waals surface area (Å²) in [5.74, 6) is 0.621. The quantitative estimate of drug-likeness (QED) is 0.411. The summed E-state index contributed by atoms with van der Waals surface area (Å²) in [7, 11) is 1.76. The summed E-state index contributed by atoms with van der Waals surface area (Å²) >= 11 is 0. The molecule has 0 atom stereocenters. The van der Waals surface area contributed by atoms with E-state index in [1.54, 1.807) is 24.3 Å². The van der Waals surface area contributed by atoms with Crippen LogP contribution >= 0.6 is 0 Å². The molecular weight excluding hydrogens is 404 g/mol. The van der Waals surface area contributed by atoms with Gasteiger partial charge in [0.1, 0.15) is 5.75 Å². The molecule has 2 aromatic rings. The molecule has 6 heteroatoms. The molecule has 2 aromatic carbocycles. The molecule has 0 spiro atoms. The van der Waals surface area contributed by atoms with Crippen molar-refractivity contribution in [2.45, 2.75) is 38.5 Å². The third-order valence-corrected chi connectivity index (χ3v) is 5.67. The minimum absolute atomic E-state index is 0.299. The SMILES string of the molecule is COCCCCCCCCOc1ccc(N2CCN(OC(=O)c3ccccc3)CC2)cc1. The molecule has 0 unspecified atom stereocenters. The number of hydrogen-bond acceptors (Lipinski definition) is 6. The Hall–Kier alpha value is -2.57. The lowest BCUT2D eigenvalue weighted by Gasteiger charge is -2.34. The van der Waals surface area contributed by atoms with E-state index >= 15 is 0 Å². The van der Waals surface area contributed by atoms with Crippen LogP contribution in [0.2, 0.25) is 0 Å². The second-order valence-corrected chi connectivity index (χ2v) is 8.12. The molecule has 1 heterocycles. The number of methoxy groups -OCH3 is 1. The van der Waals surface area contributed by atoms with Crippen molar-refractivity contribution in [1.29, 1.82) is 0 Å². The number of anilines is 1. The number of hydrogen-bond donors (Lipinski definition) is 0. The van der Waals surface area contributed by atoms with Crippen molar-refractivity contribution in [3.8, 4) is 5.75 Å². The highest BCUT2D eigenvalue weighted by molar-refractivity contribution is 5.89. The Balaban J connectivity index is 1.30. The van der Waals surface area contributed by atoms with Crippen LogP contribution in [0.5, 0.6) is 5.75 Å². The number of unbranched alkanes of at least 4 members (excludes halogenated alkanes) is 5. The highest BCUT2D eigenvalue weighted by Crippen LogP contribution is 2.21. The van der Waals surface area contributed by atoms with Gasteiger partial charge >= 0.3 is 5.97 Å². The van der Waals surface area contributed by atoms with E-state index in [0.717, 1.165) is 44.9 Å². The zero-order valence-electron chi connectivity index (χ0n) is 19.2. The normalized spacial score (nSPS) is 14.3. The Labute approximate surface area is 192 Å². The fraction of sp³-hybridized carbons (Fsp3) is 0.500. The van der Waals surface area contributed by atoms with E-state index in [1.807, 2.05) is 30.3 Å². The molecule has 1 aliphatic rings. The number of benzene rings is 2. The number of piperazine rings is 1. The van der Waals surface area contributed by atoms with Gasteiger partial charge in [0.25, 0.3) is 0 Å². The van der Waals surface area contributed by atoms with E-state index in [0.29, 0.717) is 18.7 Å². The fourth-order valence-electron chi connectivity index (χ4n) is 3.78. The molecule has 0 saturated carbocycles. The maximum Gasteiger partial charge on any atom is 0.357 e. The van der Waals surface area contributed by atoms with Crippen molar-refractivity contribution in [3.05, 3.63) is 60.2 Å². The van der Waals surface area contributed by atoms with Crippen molar-refractivity contribution in [2.24, 2.45) is 0 Å². The number of rotatable bonds is 13. The molecule has 0 aromatic heterocycles. The smallest absolute Gasteiger partial charge is 0.357 e. The van der Waals surface area contributed by atoms with Gasteiger partial charge < -0.3 is 19.2 Å². The number of nitrogens with zero attached hydrogens (tertiary/aromatic N) is 2. The highest BCUT2D eigenvalue weighted by Gasteiger charge is 2.21. The molecule has 1 aliphatic heterocycles. The molecule has 0 aliphatic carbocycles. The lowest BCUT2D eigenvalue weighted by molar-refractivity contribution is -0.112. The van der Waals surface area contributed by atoms with Crippen LogP contribution in [0, 0.1) is 0 Å². The Kier molecular flexibility index (Phi) is 10.4. The standard InChI is InChI=1S/C26H36N2O4/c1-30-21-9-4-2-3-5-10-22-31-25-15-13-24(14-16-25)27-17-19-28(20-18-27)32-26(29)23-11-7-6-8-12-23/h6-8,11-16H,2-5,9-10,17-22H2,1H3. The van der Waals surface area contributed by atoms with Crippen molar-refractivity contribution in [3.63, 3.8) is 0 Å². The van der Waals surface area contributed by atoms with Crippen molar-refractivity contribution < 1.29 is 19.1 Å². The molecule has 3 rings (SSSR count).